The van der Waals surface area contributed by atoms with Gasteiger partial charge in [-0.3, -0.25) is 4.98 Å². The molecule has 172 valence electrons. The van der Waals surface area contributed by atoms with Crippen LogP contribution in [0.3, 0.4) is 0 Å². The van der Waals surface area contributed by atoms with Crippen LogP contribution in [-0.2, 0) is 9.47 Å². The Bertz CT molecular complexity index is 1180. The van der Waals surface area contributed by atoms with Crippen LogP contribution in [0.15, 0.2) is 36.5 Å². The van der Waals surface area contributed by atoms with Crippen molar-refractivity contribution in [1.82, 2.24) is 14.9 Å². The fourth-order valence-electron chi connectivity index (χ4n) is 4.74. The number of aromatic hydroxyl groups is 1. The first kappa shape index (κ1) is 21.5. The van der Waals surface area contributed by atoms with E-state index in [-0.39, 0.29) is 17.8 Å². The highest BCUT2D eigenvalue weighted by Gasteiger charge is 2.27. The number of carbonyl (C=O) groups excluding carboxylic acids is 1. The molecule has 0 atom stereocenters. The monoisotopic (exact) mass is 448 g/mol. The maximum absolute atomic E-state index is 11.8. The lowest BCUT2D eigenvalue weighted by Gasteiger charge is -2.28. The van der Waals surface area contributed by atoms with E-state index < -0.39 is 0 Å². The predicted octanol–water partition coefficient (Wildman–Crippen LogP) is 4.07. The van der Waals surface area contributed by atoms with E-state index in [9.17, 15) is 9.90 Å². The highest BCUT2D eigenvalue weighted by atomic mass is 16.6. The molecule has 8 heteroatoms. The second-order valence-corrected chi connectivity index (χ2v) is 8.55. The number of phenols is 1. The number of anilines is 1. The molecular formula is C25H28N4O4. The summed E-state index contributed by atoms with van der Waals surface area (Å²) < 4.78 is 10.7. The second-order valence-electron chi connectivity index (χ2n) is 8.55. The van der Waals surface area contributed by atoms with Gasteiger partial charge >= 0.3 is 6.09 Å². The molecule has 0 radical (unpaired) electrons. The van der Waals surface area contributed by atoms with Crippen LogP contribution in [0, 0.1) is 6.92 Å². The summed E-state index contributed by atoms with van der Waals surface area (Å²) in [6, 6.07) is 9.47. The Balaban J connectivity index is 1.62. The zero-order valence-corrected chi connectivity index (χ0v) is 18.7. The molecule has 5 rings (SSSR count). The zero-order valence-electron chi connectivity index (χ0n) is 18.7. The molecule has 0 spiro atoms. The molecule has 1 aromatic carbocycles. The maximum atomic E-state index is 11.8. The average molecular weight is 449 g/mol. The number of cyclic esters (lactones) is 1. The van der Waals surface area contributed by atoms with Gasteiger partial charge < -0.3 is 24.8 Å². The molecule has 2 aliphatic rings. The summed E-state index contributed by atoms with van der Waals surface area (Å²) in [4.78, 5) is 22.8. The van der Waals surface area contributed by atoms with Crippen molar-refractivity contribution in [3.63, 3.8) is 0 Å². The summed E-state index contributed by atoms with van der Waals surface area (Å²) in [5, 5.41) is 14.6. The largest absolute Gasteiger partial charge is 0.508 e. The number of ether oxygens (including phenoxy) is 2. The third-order valence-electron chi connectivity index (χ3n) is 6.34. The molecule has 0 aliphatic carbocycles. The molecule has 2 aliphatic heterocycles. The predicted molar refractivity (Wildman–Crippen MR) is 126 cm³/mol. The Labute approximate surface area is 192 Å². The lowest BCUT2D eigenvalue weighted by Crippen LogP contribution is -2.30. The van der Waals surface area contributed by atoms with Gasteiger partial charge in [-0.15, -0.1) is 0 Å². The van der Waals surface area contributed by atoms with Gasteiger partial charge in [0.05, 0.1) is 12.1 Å². The summed E-state index contributed by atoms with van der Waals surface area (Å²) in [6.45, 7) is 5.55. The van der Waals surface area contributed by atoms with Crippen molar-refractivity contribution in [2.24, 2.45) is 0 Å². The lowest BCUT2D eigenvalue weighted by molar-refractivity contribution is 0.0855. The van der Waals surface area contributed by atoms with Gasteiger partial charge in [0.1, 0.15) is 18.2 Å². The number of nitrogens with one attached hydrogen (secondary N) is 1. The van der Waals surface area contributed by atoms with Crippen LogP contribution in [0.2, 0.25) is 0 Å². The molecule has 1 amide bonds. The molecule has 2 aromatic heterocycles. The quantitative estimate of drug-likeness (QED) is 0.587. The van der Waals surface area contributed by atoms with Crippen LogP contribution in [0.4, 0.5) is 10.6 Å². The van der Waals surface area contributed by atoms with Gasteiger partial charge in [0.25, 0.3) is 0 Å². The topological polar surface area (TPSA) is 96.8 Å². The van der Waals surface area contributed by atoms with E-state index >= 15 is 0 Å². The molecule has 0 unspecified atom stereocenters. The Morgan fingerprint density at radius 3 is 2.79 bits per heavy atom. The summed E-state index contributed by atoms with van der Waals surface area (Å²) in [7, 11) is 0. The number of pyridine rings is 2. The molecule has 3 aromatic rings. The Kier molecular flexibility index (Phi) is 6.00. The van der Waals surface area contributed by atoms with Gasteiger partial charge in [-0.2, -0.15) is 0 Å². The van der Waals surface area contributed by atoms with Gasteiger partial charge in [-0.05, 0) is 61.1 Å². The number of aryl methyl sites for hydroxylation is 1. The van der Waals surface area contributed by atoms with E-state index in [1.165, 1.54) is 0 Å². The number of hydrogen-bond donors (Lipinski definition) is 2. The standard InChI is InChI=1S/C25H28N4O4/c1-16-14-18(4-7-26-16)22-20-3-2-19(30)15-21(20)28-24(23(22)17-5-11-32-12-6-17)27-8-9-29-10-13-33-25(29)31/h2-4,7,14-15,17,30H,5-6,8-13H2,1H3,(H,27,28). The van der Waals surface area contributed by atoms with Crippen molar-refractivity contribution in [3.05, 3.63) is 47.8 Å². The number of aromatic nitrogens is 2. The SMILES string of the molecule is Cc1cc(-c2c(C3CCOCC3)c(NCCN3CCOC3=O)nc3cc(O)ccc23)ccn1. The number of carbonyl (C=O) groups is 1. The first-order chi connectivity index (χ1) is 16.1. The van der Waals surface area contributed by atoms with Crippen molar-refractivity contribution in [2.75, 3.05) is 44.8 Å². The molecule has 2 N–H and O–H groups in total. The molecule has 4 heterocycles. The maximum Gasteiger partial charge on any atom is 0.409 e. The molecule has 2 fully saturated rings. The number of hydrogen-bond acceptors (Lipinski definition) is 7. The van der Waals surface area contributed by atoms with Gasteiger partial charge in [-0.1, -0.05) is 0 Å². The second kappa shape index (κ2) is 9.23. The van der Waals surface area contributed by atoms with Crippen LogP contribution in [0.5, 0.6) is 5.75 Å². The Hall–Kier alpha value is -3.39. The van der Waals surface area contributed by atoms with Crippen molar-refractivity contribution < 1.29 is 19.4 Å². The fourth-order valence-corrected chi connectivity index (χ4v) is 4.74. The third-order valence-corrected chi connectivity index (χ3v) is 6.34. The summed E-state index contributed by atoms with van der Waals surface area (Å²) in [5.41, 5.74) is 5.01. The number of benzene rings is 1. The van der Waals surface area contributed by atoms with Crippen molar-refractivity contribution in [1.29, 1.82) is 0 Å². The van der Waals surface area contributed by atoms with Crippen molar-refractivity contribution >= 4 is 22.8 Å². The van der Waals surface area contributed by atoms with Gasteiger partial charge in [0.2, 0.25) is 0 Å². The highest BCUT2D eigenvalue weighted by molar-refractivity contribution is 5.99. The fraction of sp³-hybridized carbons (Fsp3) is 0.400. The number of phenolic OH excluding ortho intramolecular Hbond substituents is 1. The minimum Gasteiger partial charge on any atom is -0.508 e. The van der Waals surface area contributed by atoms with Crippen LogP contribution >= 0.6 is 0 Å². The van der Waals surface area contributed by atoms with E-state index in [0.717, 1.165) is 51.9 Å². The van der Waals surface area contributed by atoms with E-state index in [1.54, 1.807) is 17.0 Å². The van der Waals surface area contributed by atoms with Crippen LogP contribution < -0.4 is 5.32 Å². The first-order valence-electron chi connectivity index (χ1n) is 11.4. The zero-order chi connectivity index (χ0) is 22.8. The normalized spacial score (nSPS) is 16.9. The van der Waals surface area contributed by atoms with Crippen molar-refractivity contribution in [2.45, 2.75) is 25.7 Å². The van der Waals surface area contributed by atoms with Gasteiger partial charge in [-0.25, -0.2) is 9.78 Å². The van der Waals surface area contributed by atoms with Crippen LogP contribution in [-0.4, -0.2) is 65.5 Å². The number of amides is 1. The molecule has 8 nitrogen and oxygen atoms in total. The summed E-state index contributed by atoms with van der Waals surface area (Å²) in [5.74, 6) is 1.25. The van der Waals surface area contributed by atoms with E-state index in [2.05, 4.69) is 16.4 Å². The minimum absolute atomic E-state index is 0.177. The van der Waals surface area contributed by atoms with Gasteiger partial charge in [0, 0.05) is 55.2 Å². The van der Waals surface area contributed by atoms with E-state index in [1.807, 2.05) is 25.3 Å². The smallest absolute Gasteiger partial charge is 0.409 e. The number of rotatable bonds is 6. The number of nitrogens with zero attached hydrogens (tertiary/aromatic N) is 3. The molecule has 0 bridgehead atoms. The average Bonchev–Trinajstić information content (AvgIpc) is 3.23. The summed E-state index contributed by atoms with van der Waals surface area (Å²) >= 11 is 0. The minimum atomic E-state index is -0.272. The summed E-state index contributed by atoms with van der Waals surface area (Å²) in [6.07, 6.45) is 3.38. The molecular weight excluding hydrogens is 420 g/mol. The first-order valence-corrected chi connectivity index (χ1v) is 11.4. The third kappa shape index (κ3) is 4.43. The van der Waals surface area contributed by atoms with Crippen LogP contribution in [0.1, 0.15) is 30.0 Å². The lowest BCUT2D eigenvalue weighted by atomic mass is 9.84. The Morgan fingerprint density at radius 2 is 2.03 bits per heavy atom. The molecule has 0 saturated carbocycles. The van der Waals surface area contributed by atoms with E-state index in [4.69, 9.17) is 14.5 Å². The van der Waals surface area contributed by atoms with Crippen LogP contribution in [0.25, 0.3) is 22.0 Å². The van der Waals surface area contributed by atoms with E-state index in [0.29, 0.717) is 39.5 Å². The molecule has 2 saturated heterocycles. The highest BCUT2D eigenvalue weighted by Crippen LogP contribution is 2.43. The Morgan fingerprint density at radius 1 is 1.18 bits per heavy atom. The number of fused-ring (bicyclic) bond motifs is 1. The van der Waals surface area contributed by atoms with Crippen molar-refractivity contribution in [3.8, 4) is 16.9 Å². The van der Waals surface area contributed by atoms with Gasteiger partial charge in [0.15, 0.2) is 0 Å². The molecule has 33 heavy (non-hydrogen) atoms.